The van der Waals surface area contributed by atoms with Crippen molar-refractivity contribution in [2.75, 3.05) is 6.61 Å². The van der Waals surface area contributed by atoms with E-state index < -0.39 is 36.0 Å². The Bertz CT molecular complexity index is 547. The van der Waals surface area contributed by atoms with Gasteiger partial charge in [-0.05, 0) is 19.4 Å². The lowest BCUT2D eigenvalue weighted by atomic mass is 10.0. The van der Waals surface area contributed by atoms with E-state index in [2.05, 4.69) is 0 Å². The van der Waals surface area contributed by atoms with Crippen LogP contribution >= 0.6 is 0 Å². The number of benzene rings is 1. The molecule has 0 aliphatic carbocycles. The van der Waals surface area contributed by atoms with Crippen molar-refractivity contribution in [2.24, 2.45) is 0 Å². The Labute approximate surface area is 129 Å². The highest BCUT2D eigenvalue weighted by Gasteiger charge is 2.53. The van der Waals surface area contributed by atoms with Gasteiger partial charge in [0.05, 0.1) is 12.6 Å². The number of hydrogen-bond acceptors (Lipinski definition) is 5. The van der Waals surface area contributed by atoms with Gasteiger partial charge in [-0.3, -0.25) is 4.79 Å². The van der Waals surface area contributed by atoms with Crippen molar-refractivity contribution in [3.63, 3.8) is 0 Å². The summed E-state index contributed by atoms with van der Waals surface area (Å²) in [5, 5.41) is 20.2. The fourth-order valence-corrected chi connectivity index (χ4v) is 3.10. The SMILES string of the molecule is CC1(C)OC[C@H]([C@@H]2[C@@H](O)[C@@H](O)C(=O)N2Cc2ccccc2)O1. The smallest absolute Gasteiger partial charge is 0.254 e. The van der Waals surface area contributed by atoms with Gasteiger partial charge in [-0.25, -0.2) is 0 Å². The van der Waals surface area contributed by atoms with Gasteiger partial charge in [0.1, 0.15) is 12.2 Å². The number of aliphatic hydroxyl groups is 2. The second kappa shape index (κ2) is 5.62. The number of ether oxygens (including phenoxy) is 2. The molecule has 6 nitrogen and oxygen atoms in total. The third-order valence-electron chi connectivity index (χ3n) is 4.18. The van der Waals surface area contributed by atoms with Gasteiger partial charge in [0.15, 0.2) is 11.9 Å². The van der Waals surface area contributed by atoms with Crippen molar-refractivity contribution >= 4 is 5.91 Å². The second-order valence-electron chi connectivity index (χ2n) is 6.24. The molecule has 22 heavy (non-hydrogen) atoms. The summed E-state index contributed by atoms with van der Waals surface area (Å²) in [5.74, 6) is -1.23. The molecule has 0 aromatic heterocycles. The average molecular weight is 307 g/mol. The Morgan fingerprint density at radius 1 is 1.27 bits per heavy atom. The summed E-state index contributed by atoms with van der Waals surface area (Å²) in [4.78, 5) is 13.8. The molecule has 2 saturated heterocycles. The van der Waals surface area contributed by atoms with E-state index in [1.54, 1.807) is 13.8 Å². The molecule has 2 heterocycles. The Kier molecular flexibility index (Phi) is 3.94. The van der Waals surface area contributed by atoms with Gasteiger partial charge in [0.25, 0.3) is 5.91 Å². The lowest BCUT2D eigenvalue weighted by Gasteiger charge is -2.30. The first-order valence-electron chi connectivity index (χ1n) is 7.41. The Morgan fingerprint density at radius 2 is 1.95 bits per heavy atom. The van der Waals surface area contributed by atoms with Gasteiger partial charge in [0.2, 0.25) is 0 Å². The third kappa shape index (κ3) is 2.75. The minimum Gasteiger partial charge on any atom is -0.388 e. The lowest BCUT2D eigenvalue weighted by molar-refractivity contribution is -0.152. The maximum Gasteiger partial charge on any atom is 0.254 e. The summed E-state index contributed by atoms with van der Waals surface area (Å²) in [6.07, 6.45) is -3.06. The first-order valence-corrected chi connectivity index (χ1v) is 7.41. The van der Waals surface area contributed by atoms with E-state index in [4.69, 9.17) is 9.47 Å². The van der Waals surface area contributed by atoms with Gasteiger partial charge in [-0.1, -0.05) is 30.3 Å². The molecular formula is C16H21NO5. The second-order valence-corrected chi connectivity index (χ2v) is 6.24. The van der Waals surface area contributed by atoms with Crippen molar-refractivity contribution < 1.29 is 24.5 Å². The number of aliphatic hydroxyl groups excluding tert-OH is 2. The van der Waals surface area contributed by atoms with E-state index in [9.17, 15) is 15.0 Å². The molecule has 0 bridgehead atoms. The standard InChI is InChI=1S/C16H21NO5/c1-16(2)21-9-11(22-16)12-13(18)14(19)15(20)17(12)8-10-6-4-3-5-7-10/h3-7,11-14,18-19H,8-9H2,1-2H3/t11-,12-,13-,14-/m1/s1. The van der Waals surface area contributed by atoms with E-state index in [1.165, 1.54) is 4.90 Å². The zero-order valence-electron chi connectivity index (χ0n) is 12.7. The normalized spacial score (nSPS) is 34.4. The van der Waals surface area contributed by atoms with Crippen LogP contribution in [0.15, 0.2) is 30.3 Å². The predicted molar refractivity (Wildman–Crippen MR) is 77.7 cm³/mol. The molecule has 2 fully saturated rings. The molecule has 0 saturated carbocycles. The molecule has 6 heteroatoms. The third-order valence-corrected chi connectivity index (χ3v) is 4.18. The molecule has 4 atom stereocenters. The Balaban J connectivity index is 1.83. The zero-order chi connectivity index (χ0) is 15.9. The summed E-state index contributed by atoms with van der Waals surface area (Å²) < 4.78 is 11.3. The van der Waals surface area contributed by atoms with Crippen LogP contribution in [0.5, 0.6) is 0 Å². The molecule has 120 valence electrons. The van der Waals surface area contributed by atoms with E-state index in [0.29, 0.717) is 6.54 Å². The number of hydrogen-bond donors (Lipinski definition) is 2. The number of carbonyl (C=O) groups excluding carboxylic acids is 1. The van der Waals surface area contributed by atoms with Gasteiger partial charge in [0, 0.05) is 6.54 Å². The van der Waals surface area contributed by atoms with Crippen molar-refractivity contribution in [3.8, 4) is 0 Å². The molecule has 2 aliphatic rings. The van der Waals surface area contributed by atoms with E-state index in [-0.39, 0.29) is 6.61 Å². The van der Waals surface area contributed by atoms with Crippen LogP contribution in [0.3, 0.4) is 0 Å². The number of rotatable bonds is 3. The van der Waals surface area contributed by atoms with E-state index in [1.807, 2.05) is 30.3 Å². The molecule has 1 aromatic carbocycles. The average Bonchev–Trinajstić information content (AvgIpc) is 2.94. The minimum absolute atomic E-state index is 0.278. The Morgan fingerprint density at radius 3 is 2.55 bits per heavy atom. The Hall–Kier alpha value is -1.47. The van der Waals surface area contributed by atoms with Crippen LogP contribution in [0.25, 0.3) is 0 Å². The first-order chi connectivity index (χ1) is 10.4. The van der Waals surface area contributed by atoms with Crippen LogP contribution in [0.4, 0.5) is 0 Å². The molecule has 2 aliphatic heterocycles. The summed E-state index contributed by atoms with van der Waals surface area (Å²) in [6, 6.07) is 8.85. The van der Waals surface area contributed by atoms with Gasteiger partial charge in [-0.15, -0.1) is 0 Å². The number of carbonyl (C=O) groups is 1. The fraction of sp³-hybridized carbons (Fsp3) is 0.562. The molecule has 1 amide bonds. The van der Waals surface area contributed by atoms with Crippen LogP contribution in [0, 0.1) is 0 Å². The van der Waals surface area contributed by atoms with Crippen LogP contribution in [-0.2, 0) is 20.8 Å². The number of nitrogens with zero attached hydrogens (tertiary/aromatic N) is 1. The van der Waals surface area contributed by atoms with Crippen LogP contribution in [-0.4, -0.2) is 57.8 Å². The molecule has 1 aromatic rings. The minimum atomic E-state index is -1.42. The quantitative estimate of drug-likeness (QED) is 0.838. The van der Waals surface area contributed by atoms with Crippen LogP contribution in [0.2, 0.25) is 0 Å². The van der Waals surface area contributed by atoms with Gasteiger partial charge < -0.3 is 24.6 Å². The molecule has 2 N–H and O–H groups in total. The molecule has 3 rings (SSSR count). The lowest BCUT2D eigenvalue weighted by Crippen LogP contribution is -2.47. The van der Waals surface area contributed by atoms with Crippen molar-refractivity contribution in [3.05, 3.63) is 35.9 Å². The molecule has 0 radical (unpaired) electrons. The largest absolute Gasteiger partial charge is 0.388 e. The highest BCUT2D eigenvalue weighted by Crippen LogP contribution is 2.32. The van der Waals surface area contributed by atoms with E-state index in [0.717, 1.165) is 5.56 Å². The van der Waals surface area contributed by atoms with Crippen LogP contribution < -0.4 is 0 Å². The zero-order valence-corrected chi connectivity index (χ0v) is 12.7. The van der Waals surface area contributed by atoms with Crippen molar-refractivity contribution in [1.29, 1.82) is 0 Å². The first kappa shape index (κ1) is 15.4. The van der Waals surface area contributed by atoms with Crippen molar-refractivity contribution in [2.45, 2.75) is 50.5 Å². The van der Waals surface area contributed by atoms with Gasteiger partial charge in [-0.2, -0.15) is 0 Å². The van der Waals surface area contributed by atoms with E-state index >= 15 is 0 Å². The fourth-order valence-electron chi connectivity index (χ4n) is 3.10. The number of amides is 1. The monoisotopic (exact) mass is 307 g/mol. The maximum absolute atomic E-state index is 12.3. The highest BCUT2D eigenvalue weighted by molar-refractivity contribution is 5.84. The van der Waals surface area contributed by atoms with Gasteiger partial charge >= 0.3 is 0 Å². The highest BCUT2D eigenvalue weighted by atomic mass is 16.7. The summed E-state index contributed by atoms with van der Waals surface area (Å²) in [5.41, 5.74) is 0.931. The molecule has 0 unspecified atom stereocenters. The predicted octanol–water partition coefficient (Wildman–Crippen LogP) is 0.271. The number of likely N-dealkylation sites (tertiary alicyclic amines) is 1. The van der Waals surface area contributed by atoms with Crippen molar-refractivity contribution in [1.82, 2.24) is 4.90 Å². The van der Waals surface area contributed by atoms with Crippen LogP contribution in [0.1, 0.15) is 19.4 Å². The summed E-state index contributed by atoms with van der Waals surface area (Å²) in [6.45, 7) is 4.17. The molecule has 0 spiro atoms. The topological polar surface area (TPSA) is 79.2 Å². The summed E-state index contributed by atoms with van der Waals surface area (Å²) >= 11 is 0. The maximum atomic E-state index is 12.3. The molecular weight excluding hydrogens is 286 g/mol. The summed E-state index contributed by atoms with van der Waals surface area (Å²) in [7, 11) is 0.